The van der Waals surface area contributed by atoms with Crippen molar-refractivity contribution < 1.29 is 9.05 Å². The van der Waals surface area contributed by atoms with Crippen LogP contribution in [0.15, 0.2) is 103 Å². The van der Waals surface area contributed by atoms with Crippen LogP contribution in [0.4, 0.5) is 0 Å². The summed E-state index contributed by atoms with van der Waals surface area (Å²) in [4.78, 5) is 0. The Morgan fingerprint density at radius 2 is 1.12 bits per heavy atom. The second-order valence-corrected chi connectivity index (χ2v) is 14.1. The molecule has 1 heterocycles. The van der Waals surface area contributed by atoms with E-state index >= 15 is 0 Å². The third-order valence-electron chi connectivity index (χ3n) is 6.40. The van der Waals surface area contributed by atoms with Crippen LogP contribution >= 0.6 is 5.96 Å². The molecule has 0 aliphatic carbocycles. The van der Waals surface area contributed by atoms with E-state index in [1.54, 1.807) is 0 Å². The molecule has 4 heteroatoms. The molecule has 0 amide bonds. The molecule has 6 rings (SSSR count). The van der Waals surface area contributed by atoms with Gasteiger partial charge in [-0.25, -0.2) is 0 Å². The van der Waals surface area contributed by atoms with E-state index in [0.717, 1.165) is 29.0 Å². The second kappa shape index (κ2) is 8.19. The van der Waals surface area contributed by atoms with Crippen LogP contribution in [0.5, 0.6) is 11.5 Å². The summed E-state index contributed by atoms with van der Waals surface area (Å²) < 4.78 is 13.7. The molecule has 0 saturated heterocycles. The first-order valence-corrected chi connectivity index (χ1v) is 15.1. The third kappa shape index (κ3) is 3.62. The van der Waals surface area contributed by atoms with Crippen molar-refractivity contribution in [2.24, 2.45) is 0 Å². The Morgan fingerprint density at radius 1 is 0.636 bits per heavy atom. The zero-order valence-electron chi connectivity index (χ0n) is 18.3. The van der Waals surface area contributed by atoms with Gasteiger partial charge in [-0.05, 0) is 0 Å². The molecule has 0 unspecified atom stereocenters. The van der Waals surface area contributed by atoms with Crippen LogP contribution in [0.3, 0.4) is 0 Å². The first kappa shape index (κ1) is 20.8. The Balaban J connectivity index is 1.60. The van der Waals surface area contributed by atoms with Crippen molar-refractivity contribution in [2.75, 3.05) is 0 Å². The van der Waals surface area contributed by atoms with Gasteiger partial charge in [-0.2, -0.15) is 0 Å². The van der Waals surface area contributed by atoms with Crippen molar-refractivity contribution in [3.05, 3.63) is 109 Å². The van der Waals surface area contributed by atoms with Crippen LogP contribution < -0.4 is 9.05 Å². The van der Waals surface area contributed by atoms with Crippen molar-refractivity contribution in [3.63, 3.8) is 0 Å². The van der Waals surface area contributed by atoms with Crippen LogP contribution in [0.1, 0.15) is 12.5 Å². The summed E-state index contributed by atoms with van der Waals surface area (Å²) in [7, 11) is 0. The van der Waals surface area contributed by atoms with Crippen LogP contribution in [0.25, 0.3) is 32.7 Å². The van der Waals surface area contributed by atoms with E-state index in [0.29, 0.717) is 0 Å². The van der Waals surface area contributed by atoms with Gasteiger partial charge in [0.1, 0.15) is 0 Å². The minimum atomic E-state index is -2.41. The summed E-state index contributed by atoms with van der Waals surface area (Å²) in [5.41, 5.74) is 3.69. The van der Waals surface area contributed by atoms with Crippen molar-refractivity contribution >= 4 is 42.6 Å². The summed E-state index contributed by atoms with van der Waals surface area (Å²) in [6, 6.07) is 36.1. The maximum atomic E-state index is 6.85. The molecular weight excluding hydrogens is 490 g/mol. The molecule has 0 radical (unpaired) electrons. The first-order valence-electron chi connectivity index (χ1n) is 11.2. The Labute approximate surface area is 201 Å². The molecule has 1 aliphatic heterocycles. The standard InChI is InChI=1S/C29H23O2PSe/c1-20(19-21-9-3-2-4-10-21)32(33)30-26-17-15-22-11-5-7-13-24(22)28(26)29-25-14-8-6-12-23(25)16-18-27(29)31-32/h2-18,20H,19H2,1H3/t20-/m1/s1. The van der Waals surface area contributed by atoms with Gasteiger partial charge in [-0.1, -0.05) is 0 Å². The predicted octanol–water partition coefficient (Wildman–Crippen LogP) is 7.99. The number of hydrogen-bond donors (Lipinski definition) is 0. The van der Waals surface area contributed by atoms with Crippen molar-refractivity contribution in [2.45, 2.75) is 19.0 Å². The molecule has 0 aromatic heterocycles. The molecule has 0 fully saturated rings. The second-order valence-electron chi connectivity index (χ2n) is 8.58. The molecular formula is C29H23O2PSe. The van der Waals surface area contributed by atoms with E-state index < -0.39 is 5.96 Å². The average molecular weight is 513 g/mol. The molecule has 162 valence electrons. The van der Waals surface area contributed by atoms with Gasteiger partial charge in [0.05, 0.1) is 0 Å². The van der Waals surface area contributed by atoms with Gasteiger partial charge in [0.25, 0.3) is 0 Å². The van der Waals surface area contributed by atoms with Gasteiger partial charge in [-0.15, -0.1) is 0 Å². The van der Waals surface area contributed by atoms with Crippen LogP contribution in [0.2, 0.25) is 0 Å². The van der Waals surface area contributed by atoms with Crippen LogP contribution in [-0.2, 0) is 6.42 Å². The Kier molecular flexibility index (Phi) is 5.15. The van der Waals surface area contributed by atoms with E-state index in [-0.39, 0.29) is 5.66 Å². The SMILES string of the molecule is C[C@H](Cc1ccccc1)P1(=[Se])Oc2ccc3ccccc3c2-c2c(ccc3ccccc23)O1. The van der Waals surface area contributed by atoms with Gasteiger partial charge in [-0.3, -0.25) is 0 Å². The van der Waals surface area contributed by atoms with Gasteiger partial charge in [0.2, 0.25) is 0 Å². The molecule has 0 N–H and O–H groups in total. The van der Waals surface area contributed by atoms with E-state index in [2.05, 4.69) is 125 Å². The third-order valence-corrected chi connectivity index (χ3v) is 11.8. The zero-order valence-corrected chi connectivity index (χ0v) is 20.9. The molecule has 1 aliphatic rings. The molecule has 2 nitrogen and oxygen atoms in total. The van der Waals surface area contributed by atoms with Crippen molar-refractivity contribution in [1.29, 1.82) is 0 Å². The summed E-state index contributed by atoms with van der Waals surface area (Å²) >= 11 is 3.40. The quantitative estimate of drug-likeness (QED) is 0.180. The zero-order chi connectivity index (χ0) is 22.4. The van der Waals surface area contributed by atoms with E-state index in [4.69, 9.17) is 9.05 Å². The molecule has 33 heavy (non-hydrogen) atoms. The molecule has 1 atom stereocenters. The van der Waals surface area contributed by atoms with Gasteiger partial charge < -0.3 is 0 Å². The maximum absolute atomic E-state index is 6.85. The summed E-state index contributed by atoms with van der Waals surface area (Å²) in [5.74, 6) is -0.639. The van der Waals surface area contributed by atoms with E-state index in [1.807, 2.05) is 0 Å². The molecule has 5 aromatic rings. The normalized spacial score (nSPS) is 15.1. The van der Waals surface area contributed by atoms with Gasteiger partial charge in [0.15, 0.2) is 0 Å². The van der Waals surface area contributed by atoms with Crippen LogP contribution in [-0.4, -0.2) is 20.8 Å². The first-order chi connectivity index (χ1) is 16.1. The average Bonchev–Trinajstić information content (AvgIpc) is 2.99. The molecule has 0 spiro atoms. The van der Waals surface area contributed by atoms with Gasteiger partial charge in [0, 0.05) is 0 Å². The van der Waals surface area contributed by atoms with Gasteiger partial charge >= 0.3 is 202 Å². The predicted molar refractivity (Wildman–Crippen MR) is 140 cm³/mol. The Morgan fingerprint density at radius 3 is 1.67 bits per heavy atom. The number of benzene rings is 5. The van der Waals surface area contributed by atoms with Crippen molar-refractivity contribution in [1.82, 2.24) is 0 Å². The fraction of sp³-hybridized carbons (Fsp3) is 0.103. The van der Waals surface area contributed by atoms with Crippen LogP contribution in [0, 0.1) is 0 Å². The molecule has 0 saturated carbocycles. The fourth-order valence-corrected chi connectivity index (χ4v) is 7.87. The minimum absolute atomic E-state index is 0.177. The summed E-state index contributed by atoms with van der Waals surface area (Å²) in [6.07, 6.45) is 0.882. The summed E-state index contributed by atoms with van der Waals surface area (Å²) in [6.45, 7) is 2.23. The molecule has 5 aromatic carbocycles. The van der Waals surface area contributed by atoms with E-state index in [1.165, 1.54) is 27.1 Å². The van der Waals surface area contributed by atoms with E-state index in [9.17, 15) is 0 Å². The molecule has 0 bridgehead atoms. The fourth-order valence-electron chi connectivity index (χ4n) is 4.71. The Bertz CT molecular complexity index is 1450. The monoisotopic (exact) mass is 514 g/mol. The number of rotatable bonds is 3. The van der Waals surface area contributed by atoms with Crippen molar-refractivity contribution in [3.8, 4) is 22.6 Å². The number of hydrogen-bond acceptors (Lipinski definition) is 2. The number of fused-ring (bicyclic) bond motifs is 7. The Hall–Kier alpha value is -2.83. The summed E-state index contributed by atoms with van der Waals surface area (Å²) in [5, 5.41) is 4.75. The topological polar surface area (TPSA) is 18.5 Å².